The van der Waals surface area contributed by atoms with Crippen LogP contribution in [0.25, 0.3) is 11.6 Å². The molecule has 0 bridgehead atoms. The van der Waals surface area contributed by atoms with E-state index < -0.39 is 5.91 Å². The molecule has 2 aromatic rings. The Kier molecular flexibility index (Phi) is 4.87. The van der Waals surface area contributed by atoms with Crippen LogP contribution in [-0.4, -0.2) is 18.5 Å². The average molecular weight is 357 g/mol. The Morgan fingerprint density at radius 3 is 2.56 bits per heavy atom. The smallest absolute Gasteiger partial charge is 0.266 e. The minimum Gasteiger partial charge on any atom is -0.366 e. The molecular weight excluding hydrogens is 334 g/mol. The van der Waals surface area contributed by atoms with Gasteiger partial charge in [-0.15, -0.1) is 0 Å². The molecule has 27 heavy (non-hydrogen) atoms. The molecular formula is C23H23N3O. The van der Waals surface area contributed by atoms with Gasteiger partial charge < -0.3 is 10.2 Å². The zero-order chi connectivity index (χ0) is 19.6. The number of carbonyl (C=O) groups excluding carboxylic acids is 1. The number of nitriles is 1. The first-order chi connectivity index (χ1) is 12.8. The molecule has 0 saturated heterocycles. The van der Waals surface area contributed by atoms with Crippen LogP contribution in [0.5, 0.6) is 0 Å². The quantitative estimate of drug-likeness (QED) is 0.630. The highest BCUT2D eigenvalue weighted by atomic mass is 16.1. The first-order valence-electron chi connectivity index (χ1n) is 8.88. The van der Waals surface area contributed by atoms with Crippen molar-refractivity contribution in [3.63, 3.8) is 0 Å². The van der Waals surface area contributed by atoms with Crippen molar-refractivity contribution in [3.05, 3.63) is 71.3 Å². The molecule has 1 aliphatic rings. The molecule has 0 unspecified atom stereocenters. The normalized spacial score (nSPS) is 15.4. The third-order valence-corrected chi connectivity index (χ3v) is 4.95. The fraction of sp³-hybridized carbons (Fsp3) is 0.217. The molecule has 4 nitrogen and oxygen atoms in total. The Labute approximate surface area is 160 Å². The fourth-order valence-electron chi connectivity index (χ4n) is 3.30. The van der Waals surface area contributed by atoms with Crippen molar-refractivity contribution in [2.75, 3.05) is 17.3 Å². The summed E-state index contributed by atoms with van der Waals surface area (Å²) < 4.78 is 0. The summed E-state index contributed by atoms with van der Waals surface area (Å²) in [4.78, 5) is 14.6. The Hall–Kier alpha value is -3.32. The van der Waals surface area contributed by atoms with Crippen LogP contribution in [0.2, 0.25) is 0 Å². The van der Waals surface area contributed by atoms with Crippen LogP contribution < -0.4 is 10.2 Å². The van der Waals surface area contributed by atoms with Crippen LogP contribution >= 0.6 is 0 Å². The minimum atomic E-state index is -0.410. The third-order valence-electron chi connectivity index (χ3n) is 4.95. The maximum absolute atomic E-state index is 12.4. The van der Waals surface area contributed by atoms with Crippen LogP contribution in [0.15, 0.2) is 60.2 Å². The molecule has 3 rings (SSSR count). The lowest BCUT2D eigenvalue weighted by Crippen LogP contribution is -2.42. The highest BCUT2D eigenvalue weighted by Crippen LogP contribution is 2.38. The van der Waals surface area contributed by atoms with Gasteiger partial charge in [-0.1, -0.05) is 30.3 Å². The van der Waals surface area contributed by atoms with E-state index in [9.17, 15) is 10.1 Å². The predicted octanol–water partition coefficient (Wildman–Crippen LogP) is 4.86. The second-order valence-corrected chi connectivity index (χ2v) is 7.31. The highest BCUT2D eigenvalue weighted by molar-refractivity contribution is 6.09. The lowest BCUT2D eigenvalue weighted by atomic mass is 9.88. The summed E-state index contributed by atoms with van der Waals surface area (Å²) in [6.45, 7) is 6.44. The summed E-state index contributed by atoms with van der Waals surface area (Å²) in [5.74, 6) is -0.410. The first kappa shape index (κ1) is 18.5. The maximum atomic E-state index is 12.4. The van der Waals surface area contributed by atoms with E-state index in [1.807, 2.05) is 42.5 Å². The standard InChI is InChI=1S/C23H23N3O/c1-16-14-23(2,3)26(4)21-11-10-17(13-20(16)21)12-18(15-24)22(27)25-19-8-6-5-7-9-19/h5-14H,1-4H3,(H,25,27)/b18-12+. The van der Waals surface area contributed by atoms with E-state index in [1.165, 1.54) is 5.57 Å². The fourth-order valence-corrected chi connectivity index (χ4v) is 3.30. The number of benzene rings is 2. The topological polar surface area (TPSA) is 56.1 Å². The summed E-state index contributed by atoms with van der Waals surface area (Å²) in [7, 11) is 2.07. The highest BCUT2D eigenvalue weighted by Gasteiger charge is 2.28. The predicted molar refractivity (Wildman–Crippen MR) is 111 cm³/mol. The summed E-state index contributed by atoms with van der Waals surface area (Å²) in [6.07, 6.45) is 3.86. The van der Waals surface area contributed by atoms with Crippen molar-refractivity contribution in [2.24, 2.45) is 0 Å². The first-order valence-corrected chi connectivity index (χ1v) is 8.88. The average Bonchev–Trinajstić information content (AvgIpc) is 2.64. The number of para-hydroxylation sites is 1. The lowest BCUT2D eigenvalue weighted by Gasteiger charge is -2.40. The summed E-state index contributed by atoms with van der Waals surface area (Å²) >= 11 is 0. The molecule has 0 atom stereocenters. The molecule has 0 aliphatic carbocycles. The molecule has 1 heterocycles. The zero-order valence-corrected chi connectivity index (χ0v) is 16.1. The van der Waals surface area contributed by atoms with E-state index >= 15 is 0 Å². The van der Waals surface area contributed by atoms with Gasteiger partial charge in [0.1, 0.15) is 11.6 Å². The van der Waals surface area contributed by atoms with Crippen LogP contribution in [0.4, 0.5) is 11.4 Å². The van der Waals surface area contributed by atoms with Gasteiger partial charge in [0.05, 0.1) is 5.54 Å². The number of nitrogens with zero attached hydrogens (tertiary/aromatic N) is 2. The molecule has 1 amide bonds. The van der Waals surface area contributed by atoms with E-state index in [4.69, 9.17) is 0 Å². The molecule has 1 N–H and O–H groups in total. The number of likely N-dealkylation sites (N-methyl/N-ethyl adjacent to an activating group) is 1. The Balaban J connectivity index is 1.91. The van der Waals surface area contributed by atoms with E-state index in [2.05, 4.69) is 44.1 Å². The number of fused-ring (bicyclic) bond motifs is 1. The monoisotopic (exact) mass is 357 g/mol. The van der Waals surface area contributed by atoms with Gasteiger partial charge >= 0.3 is 0 Å². The molecule has 0 saturated carbocycles. The van der Waals surface area contributed by atoms with Crippen LogP contribution in [-0.2, 0) is 4.79 Å². The van der Waals surface area contributed by atoms with Crippen LogP contribution in [0.3, 0.4) is 0 Å². The number of hydrogen-bond donors (Lipinski definition) is 1. The van der Waals surface area contributed by atoms with E-state index in [0.717, 1.165) is 16.8 Å². The van der Waals surface area contributed by atoms with Crippen molar-refractivity contribution in [3.8, 4) is 6.07 Å². The molecule has 2 aromatic carbocycles. The van der Waals surface area contributed by atoms with Gasteiger partial charge in [-0.2, -0.15) is 5.26 Å². The van der Waals surface area contributed by atoms with E-state index in [0.29, 0.717) is 5.69 Å². The minimum absolute atomic E-state index is 0.0537. The number of carbonyl (C=O) groups is 1. The number of hydrogen-bond acceptors (Lipinski definition) is 3. The van der Waals surface area contributed by atoms with Crippen molar-refractivity contribution >= 4 is 28.9 Å². The number of rotatable bonds is 3. The number of allylic oxidation sites excluding steroid dienone is 1. The van der Waals surface area contributed by atoms with Crippen molar-refractivity contribution in [2.45, 2.75) is 26.3 Å². The van der Waals surface area contributed by atoms with Crippen LogP contribution in [0, 0.1) is 11.3 Å². The van der Waals surface area contributed by atoms with Gasteiger partial charge in [0.2, 0.25) is 0 Å². The van der Waals surface area contributed by atoms with E-state index in [1.54, 1.807) is 18.2 Å². The van der Waals surface area contributed by atoms with Gasteiger partial charge in [-0.3, -0.25) is 4.79 Å². The molecule has 0 spiro atoms. The second kappa shape index (κ2) is 7.13. The molecule has 0 aromatic heterocycles. The van der Waals surface area contributed by atoms with Gasteiger partial charge in [0.25, 0.3) is 5.91 Å². The molecule has 1 aliphatic heterocycles. The summed E-state index contributed by atoms with van der Waals surface area (Å²) in [5, 5.41) is 12.2. The van der Waals surface area contributed by atoms with Crippen molar-refractivity contribution in [1.29, 1.82) is 5.26 Å². The Morgan fingerprint density at radius 2 is 1.89 bits per heavy atom. The SMILES string of the molecule is CC1=CC(C)(C)N(C)c2ccc(/C=C(\C#N)C(=O)Nc3ccccc3)cc21. The molecule has 136 valence electrons. The zero-order valence-electron chi connectivity index (χ0n) is 16.1. The third kappa shape index (κ3) is 3.78. The maximum Gasteiger partial charge on any atom is 0.266 e. The molecule has 0 radical (unpaired) electrons. The Morgan fingerprint density at radius 1 is 1.19 bits per heavy atom. The second-order valence-electron chi connectivity index (χ2n) is 7.31. The van der Waals surface area contributed by atoms with Gasteiger partial charge in [-0.25, -0.2) is 0 Å². The number of nitrogens with one attached hydrogen (secondary N) is 1. The Bertz CT molecular complexity index is 978. The van der Waals surface area contributed by atoms with E-state index in [-0.39, 0.29) is 11.1 Å². The summed E-state index contributed by atoms with van der Waals surface area (Å²) in [6, 6.07) is 17.1. The summed E-state index contributed by atoms with van der Waals surface area (Å²) in [5.41, 5.74) is 4.96. The van der Waals surface area contributed by atoms with Crippen LogP contribution in [0.1, 0.15) is 31.9 Å². The lowest BCUT2D eigenvalue weighted by molar-refractivity contribution is -0.112. The molecule has 4 heteroatoms. The van der Waals surface area contributed by atoms with Crippen molar-refractivity contribution < 1.29 is 4.79 Å². The number of anilines is 2. The van der Waals surface area contributed by atoms with Gasteiger partial charge in [0, 0.05) is 24.0 Å². The van der Waals surface area contributed by atoms with Crippen molar-refractivity contribution in [1.82, 2.24) is 0 Å². The van der Waals surface area contributed by atoms with Gasteiger partial charge in [-0.05, 0) is 62.2 Å². The molecule has 0 fully saturated rings. The number of amides is 1. The van der Waals surface area contributed by atoms with Gasteiger partial charge in [0.15, 0.2) is 0 Å². The largest absolute Gasteiger partial charge is 0.366 e.